The van der Waals surface area contributed by atoms with Crippen LogP contribution in [0.1, 0.15) is 43.0 Å². The maximum absolute atomic E-state index is 11.5. The Morgan fingerprint density at radius 3 is 2.48 bits per heavy atom. The summed E-state index contributed by atoms with van der Waals surface area (Å²) in [6.45, 7) is 3.31. The van der Waals surface area contributed by atoms with Crippen molar-refractivity contribution in [3.63, 3.8) is 0 Å². The number of nitrogens with one attached hydrogen (secondary N) is 1. The van der Waals surface area contributed by atoms with Crippen LogP contribution in [0, 0.1) is 5.41 Å². The first-order valence-electron chi connectivity index (χ1n) is 7.39. The van der Waals surface area contributed by atoms with Gasteiger partial charge in [-0.3, -0.25) is 4.79 Å². The van der Waals surface area contributed by atoms with E-state index in [1.807, 2.05) is 0 Å². The van der Waals surface area contributed by atoms with E-state index >= 15 is 0 Å². The molecule has 1 aromatic rings. The molecule has 1 amide bonds. The predicted octanol–water partition coefficient (Wildman–Crippen LogP) is 2.72. The van der Waals surface area contributed by atoms with Gasteiger partial charge in [0.1, 0.15) is 0 Å². The molecule has 1 aromatic carbocycles. The summed E-state index contributed by atoms with van der Waals surface area (Å²) < 4.78 is 0. The molecule has 2 N–H and O–H groups in total. The Kier molecular flexibility index (Phi) is 3.35. The van der Waals surface area contributed by atoms with Crippen LogP contribution in [0.15, 0.2) is 18.2 Å². The van der Waals surface area contributed by atoms with E-state index < -0.39 is 5.97 Å². The van der Waals surface area contributed by atoms with Crippen molar-refractivity contribution in [3.05, 3.63) is 23.8 Å². The van der Waals surface area contributed by atoms with Crippen LogP contribution in [0.4, 0.5) is 11.4 Å². The van der Waals surface area contributed by atoms with Crippen LogP contribution in [0.5, 0.6) is 0 Å². The van der Waals surface area contributed by atoms with E-state index in [0.29, 0.717) is 11.1 Å². The lowest BCUT2D eigenvalue weighted by Crippen LogP contribution is -2.55. The summed E-state index contributed by atoms with van der Waals surface area (Å²) in [5.74, 6) is -1.16. The van der Waals surface area contributed by atoms with Crippen molar-refractivity contribution in [1.29, 1.82) is 0 Å². The second kappa shape index (κ2) is 5.06. The summed E-state index contributed by atoms with van der Waals surface area (Å²) in [6.07, 6.45) is 5.11. The Morgan fingerprint density at radius 1 is 1.24 bits per heavy atom. The molecule has 0 aromatic heterocycles. The molecule has 1 aliphatic carbocycles. The number of nitrogens with zero attached hydrogens (tertiary/aromatic N) is 1. The second-order valence-corrected chi connectivity index (χ2v) is 6.28. The maximum atomic E-state index is 11.5. The highest BCUT2D eigenvalue weighted by atomic mass is 16.4. The summed E-state index contributed by atoms with van der Waals surface area (Å²) >= 11 is 0. The fourth-order valence-corrected chi connectivity index (χ4v) is 3.64. The number of carboxylic acids is 1. The highest BCUT2D eigenvalue weighted by molar-refractivity contribution is 5.98. The smallest absolute Gasteiger partial charge is 0.337 e. The summed E-state index contributed by atoms with van der Waals surface area (Å²) in [4.78, 5) is 24.7. The SMILES string of the molecule is CC(=O)Nc1ccc(N2CC3(CCCC3)C2)c(C(=O)O)c1. The molecule has 1 saturated carbocycles. The molecule has 3 rings (SSSR count). The summed E-state index contributed by atoms with van der Waals surface area (Å²) in [5.41, 5.74) is 1.97. The van der Waals surface area contributed by atoms with Crippen molar-refractivity contribution in [3.8, 4) is 0 Å². The van der Waals surface area contributed by atoms with Crippen LogP contribution in [0.25, 0.3) is 0 Å². The number of benzene rings is 1. The van der Waals surface area contributed by atoms with Crippen molar-refractivity contribution in [2.75, 3.05) is 23.3 Å². The van der Waals surface area contributed by atoms with Gasteiger partial charge in [0.2, 0.25) is 5.91 Å². The van der Waals surface area contributed by atoms with Gasteiger partial charge in [-0.15, -0.1) is 0 Å². The van der Waals surface area contributed by atoms with Crippen LogP contribution in [0.3, 0.4) is 0 Å². The lowest BCUT2D eigenvalue weighted by molar-refractivity contribution is -0.114. The highest BCUT2D eigenvalue weighted by Gasteiger charge is 2.45. The molecule has 1 saturated heterocycles. The van der Waals surface area contributed by atoms with Crippen LogP contribution in [-0.4, -0.2) is 30.1 Å². The van der Waals surface area contributed by atoms with Gasteiger partial charge in [-0.25, -0.2) is 4.79 Å². The van der Waals surface area contributed by atoms with Crippen molar-refractivity contribution >= 4 is 23.3 Å². The molecule has 112 valence electrons. The summed E-state index contributed by atoms with van der Waals surface area (Å²) in [5, 5.41) is 12.0. The number of carbonyl (C=O) groups is 2. The van der Waals surface area contributed by atoms with Gasteiger partial charge >= 0.3 is 5.97 Å². The first kappa shape index (κ1) is 13.9. The van der Waals surface area contributed by atoms with Crippen LogP contribution in [0.2, 0.25) is 0 Å². The van der Waals surface area contributed by atoms with Crippen LogP contribution >= 0.6 is 0 Å². The molecule has 0 bridgehead atoms. The minimum absolute atomic E-state index is 0.201. The zero-order chi connectivity index (χ0) is 15.0. The Balaban J connectivity index is 1.82. The third-order valence-corrected chi connectivity index (χ3v) is 4.60. The second-order valence-electron chi connectivity index (χ2n) is 6.28. The van der Waals surface area contributed by atoms with Gasteiger partial charge in [0.05, 0.1) is 11.3 Å². The number of hydrogen-bond donors (Lipinski definition) is 2. The normalized spacial score (nSPS) is 19.4. The van der Waals surface area contributed by atoms with E-state index in [1.165, 1.54) is 32.6 Å². The first-order valence-corrected chi connectivity index (χ1v) is 7.39. The summed E-state index contributed by atoms with van der Waals surface area (Å²) in [6, 6.07) is 5.11. The molecule has 0 radical (unpaired) electrons. The van der Waals surface area contributed by atoms with Crippen molar-refractivity contribution in [1.82, 2.24) is 0 Å². The molecule has 2 fully saturated rings. The van der Waals surface area contributed by atoms with Gasteiger partial charge in [-0.2, -0.15) is 0 Å². The highest BCUT2D eigenvalue weighted by Crippen LogP contribution is 2.47. The quantitative estimate of drug-likeness (QED) is 0.897. The van der Waals surface area contributed by atoms with Gasteiger partial charge in [0, 0.05) is 31.1 Å². The van der Waals surface area contributed by atoms with E-state index in [2.05, 4.69) is 10.2 Å². The molecule has 21 heavy (non-hydrogen) atoms. The standard InChI is InChI=1S/C16H20N2O3/c1-11(19)17-12-4-5-14(13(8-12)15(20)21)18-9-16(10-18)6-2-3-7-16/h4-5,8H,2-3,6-7,9-10H2,1H3,(H,17,19)(H,20,21). The molecular weight excluding hydrogens is 268 g/mol. The van der Waals surface area contributed by atoms with Gasteiger partial charge in [0.15, 0.2) is 0 Å². The lowest BCUT2D eigenvalue weighted by atomic mass is 9.78. The van der Waals surface area contributed by atoms with Crippen LogP contribution in [-0.2, 0) is 4.79 Å². The van der Waals surface area contributed by atoms with Crippen molar-refractivity contribution in [2.24, 2.45) is 5.41 Å². The Labute approximate surface area is 123 Å². The average Bonchev–Trinajstić information content (AvgIpc) is 2.86. The molecule has 5 heteroatoms. The number of anilines is 2. The van der Waals surface area contributed by atoms with E-state index in [9.17, 15) is 14.7 Å². The molecule has 5 nitrogen and oxygen atoms in total. The maximum Gasteiger partial charge on any atom is 0.337 e. The number of rotatable bonds is 3. The number of hydrogen-bond acceptors (Lipinski definition) is 3. The first-order chi connectivity index (χ1) is 9.99. The van der Waals surface area contributed by atoms with Gasteiger partial charge in [-0.1, -0.05) is 12.8 Å². The van der Waals surface area contributed by atoms with Crippen LogP contribution < -0.4 is 10.2 Å². The minimum Gasteiger partial charge on any atom is -0.478 e. The number of carboxylic acid groups (broad SMARTS) is 1. The Hall–Kier alpha value is -2.04. The molecule has 0 unspecified atom stereocenters. The number of aromatic carboxylic acids is 1. The Bertz CT molecular complexity index is 583. The summed E-state index contributed by atoms with van der Waals surface area (Å²) in [7, 11) is 0. The van der Waals surface area contributed by atoms with Crippen molar-refractivity contribution in [2.45, 2.75) is 32.6 Å². The zero-order valence-electron chi connectivity index (χ0n) is 12.2. The van der Waals surface area contributed by atoms with Gasteiger partial charge < -0.3 is 15.3 Å². The van der Waals surface area contributed by atoms with Crippen molar-refractivity contribution < 1.29 is 14.7 Å². The number of amides is 1. The lowest BCUT2D eigenvalue weighted by Gasteiger charge is -2.50. The fourth-order valence-electron chi connectivity index (χ4n) is 3.64. The third kappa shape index (κ3) is 2.60. The predicted molar refractivity (Wildman–Crippen MR) is 80.8 cm³/mol. The van der Waals surface area contributed by atoms with E-state index in [1.54, 1.807) is 18.2 Å². The van der Waals surface area contributed by atoms with E-state index in [0.717, 1.165) is 18.8 Å². The monoisotopic (exact) mass is 288 g/mol. The Morgan fingerprint density at radius 2 is 1.90 bits per heavy atom. The third-order valence-electron chi connectivity index (χ3n) is 4.60. The van der Waals surface area contributed by atoms with Gasteiger partial charge in [-0.05, 0) is 31.0 Å². The molecule has 1 heterocycles. The number of carbonyl (C=O) groups excluding carboxylic acids is 1. The minimum atomic E-state index is -0.954. The zero-order valence-corrected chi connectivity index (χ0v) is 12.2. The molecule has 2 aliphatic rings. The molecule has 0 atom stereocenters. The largest absolute Gasteiger partial charge is 0.478 e. The molecular formula is C16H20N2O3. The van der Waals surface area contributed by atoms with E-state index in [-0.39, 0.29) is 11.5 Å². The fraction of sp³-hybridized carbons (Fsp3) is 0.500. The topological polar surface area (TPSA) is 69.6 Å². The average molecular weight is 288 g/mol. The molecule has 1 spiro atoms. The van der Waals surface area contributed by atoms with Gasteiger partial charge in [0.25, 0.3) is 0 Å². The molecule has 1 aliphatic heterocycles. The van der Waals surface area contributed by atoms with E-state index in [4.69, 9.17) is 0 Å².